The molecule has 0 saturated heterocycles. The van der Waals surface area contributed by atoms with Gasteiger partial charge in [0.25, 0.3) is 0 Å². The molecule has 34 heavy (non-hydrogen) atoms. The highest BCUT2D eigenvalue weighted by Gasteiger charge is 2.26. The number of hydrogen-bond donors (Lipinski definition) is 3. The molecule has 0 aliphatic rings. The van der Waals surface area contributed by atoms with Crippen LogP contribution in [0.4, 0.5) is 17.5 Å². The third-order valence-electron chi connectivity index (χ3n) is 5.99. The fraction of sp³-hybridized carbons (Fsp3) is 0.385. The molecule has 0 aliphatic carbocycles. The summed E-state index contributed by atoms with van der Waals surface area (Å²) in [6, 6.07) is 14.1. The summed E-state index contributed by atoms with van der Waals surface area (Å²) < 4.78 is 5.02. The van der Waals surface area contributed by atoms with Crippen molar-refractivity contribution < 1.29 is 14.3 Å². The highest BCUT2D eigenvalue weighted by atomic mass is 16.5. The molecule has 3 atom stereocenters. The number of nitrogens with zero attached hydrogens (tertiary/aromatic N) is 2. The van der Waals surface area contributed by atoms with Crippen LogP contribution in [0.2, 0.25) is 0 Å². The summed E-state index contributed by atoms with van der Waals surface area (Å²) in [6.45, 7) is 7.88. The highest BCUT2D eigenvalue weighted by molar-refractivity contribution is 5.97. The zero-order chi connectivity index (χ0) is 24.7. The Morgan fingerprint density at radius 2 is 1.68 bits per heavy atom. The number of ether oxygens (including phenoxy) is 1. The molecule has 1 amide bonds. The normalized spacial score (nSPS) is 13.6. The number of amides is 1. The molecule has 8 nitrogen and oxygen atoms in total. The lowest BCUT2D eigenvalue weighted by atomic mass is 9.99. The van der Waals surface area contributed by atoms with E-state index in [0.29, 0.717) is 23.7 Å². The first-order chi connectivity index (χ1) is 16.4. The molecule has 0 bridgehead atoms. The SMILES string of the molecule is CC[C@H](Nc1nc(N[C@@H](C(=O)OC)[C@H](C)CC)c2ccccc2n1)C(=O)Nc1ccccc1C. The van der Waals surface area contributed by atoms with Crippen LogP contribution in [0.25, 0.3) is 10.9 Å². The van der Waals surface area contributed by atoms with Crippen LogP contribution in [0.3, 0.4) is 0 Å². The van der Waals surface area contributed by atoms with Crippen molar-refractivity contribution in [1.29, 1.82) is 0 Å². The summed E-state index contributed by atoms with van der Waals surface area (Å²) in [4.78, 5) is 34.7. The van der Waals surface area contributed by atoms with E-state index in [9.17, 15) is 9.59 Å². The number of carbonyl (C=O) groups is 2. The summed E-state index contributed by atoms with van der Waals surface area (Å²) in [6.07, 6.45) is 1.33. The lowest BCUT2D eigenvalue weighted by molar-refractivity contribution is -0.142. The highest BCUT2D eigenvalue weighted by Crippen LogP contribution is 2.25. The Kier molecular flexibility index (Phi) is 8.40. The van der Waals surface area contributed by atoms with E-state index in [1.807, 2.05) is 76.2 Å². The van der Waals surface area contributed by atoms with Gasteiger partial charge < -0.3 is 20.7 Å². The number of hydrogen-bond acceptors (Lipinski definition) is 7. The Labute approximate surface area is 200 Å². The standard InChI is InChI=1S/C26H33N5O3/c1-6-16(3)22(25(33)34-5)30-23-18-13-9-11-15-21(18)29-26(31-23)28-19(7-2)24(32)27-20-14-10-8-12-17(20)4/h8-16,19,22H,6-7H2,1-5H3,(H,27,32)(H2,28,29,30,31)/t16-,19+,22-/m1/s1. The molecular formula is C26H33N5O3. The number of benzene rings is 2. The molecule has 2 aromatic carbocycles. The summed E-state index contributed by atoms with van der Waals surface area (Å²) in [5, 5.41) is 10.2. The van der Waals surface area contributed by atoms with Gasteiger partial charge in [0.1, 0.15) is 17.9 Å². The number of anilines is 3. The monoisotopic (exact) mass is 463 g/mol. The van der Waals surface area contributed by atoms with Crippen LogP contribution in [0.1, 0.15) is 39.2 Å². The van der Waals surface area contributed by atoms with Crippen molar-refractivity contribution in [2.45, 2.75) is 52.6 Å². The average Bonchev–Trinajstić information content (AvgIpc) is 2.86. The minimum Gasteiger partial charge on any atom is -0.467 e. The van der Waals surface area contributed by atoms with Crippen LogP contribution in [-0.4, -0.2) is 41.0 Å². The van der Waals surface area contributed by atoms with E-state index in [4.69, 9.17) is 4.74 Å². The zero-order valence-corrected chi connectivity index (χ0v) is 20.4. The molecule has 3 rings (SSSR count). The minimum absolute atomic E-state index is 0.0286. The quantitative estimate of drug-likeness (QED) is 0.372. The van der Waals surface area contributed by atoms with Crippen molar-refractivity contribution in [2.24, 2.45) is 5.92 Å². The number of nitrogens with one attached hydrogen (secondary N) is 3. The van der Waals surface area contributed by atoms with Crippen molar-refractivity contribution in [3.8, 4) is 0 Å². The van der Waals surface area contributed by atoms with Crippen LogP contribution in [0.15, 0.2) is 48.5 Å². The second-order valence-electron chi connectivity index (χ2n) is 8.35. The number of esters is 1. The number of rotatable bonds is 10. The van der Waals surface area contributed by atoms with Gasteiger partial charge in [0.2, 0.25) is 11.9 Å². The van der Waals surface area contributed by atoms with Crippen LogP contribution >= 0.6 is 0 Å². The fourth-order valence-corrected chi connectivity index (χ4v) is 3.64. The van der Waals surface area contributed by atoms with Gasteiger partial charge in [-0.3, -0.25) is 4.79 Å². The van der Waals surface area contributed by atoms with Gasteiger partial charge in [0, 0.05) is 11.1 Å². The molecule has 1 heterocycles. The van der Waals surface area contributed by atoms with Gasteiger partial charge in [-0.25, -0.2) is 9.78 Å². The first-order valence-corrected chi connectivity index (χ1v) is 11.6. The van der Waals surface area contributed by atoms with Crippen LogP contribution in [0, 0.1) is 12.8 Å². The van der Waals surface area contributed by atoms with Gasteiger partial charge in [0.05, 0.1) is 12.6 Å². The van der Waals surface area contributed by atoms with Gasteiger partial charge in [0.15, 0.2) is 0 Å². The van der Waals surface area contributed by atoms with E-state index in [1.165, 1.54) is 7.11 Å². The zero-order valence-electron chi connectivity index (χ0n) is 20.4. The Morgan fingerprint density at radius 3 is 2.35 bits per heavy atom. The fourth-order valence-electron chi connectivity index (χ4n) is 3.64. The van der Waals surface area contributed by atoms with Crippen molar-refractivity contribution in [3.05, 3.63) is 54.1 Å². The Balaban J connectivity index is 1.91. The van der Waals surface area contributed by atoms with Crippen molar-refractivity contribution >= 4 is 40.2 Å². The molecule has 0 saturated carbocycles. The Bertz CT molecular complexity index is 1150. The van der Waals surface area contributed by atoms with Gasteiger partial charge in [-0.15, -0.1) is 0 Å². The summed E-state index contributed by atoms with van der Waals surface area (Å²) >= 11 is 0. The molecule has 0 fully saturated rings. The molecule has 3 aromatic rings. The second kappa shape index (κ2) is 11.4. The molecule has 1 aromatic heterocycles. The van der Waals surface area contributed by atoms with Crippen LogP contribution < -0.4 is 16.0 Å². The smallest absolute Gasteiger partial charge is 0.328 e. The number of fused-ring (bicyclic) bond motifs is 1. The van der Waals surface area contributed by atoms with E-state index < -0.39 is 12.1 Å². The van der Waals surface area contributed by atoms with E-state index in [1.54, 1.807) is 0 Å². The Hall–Kier alpha value is -3.68. The first kappa shape index (κ1) is 25.0. The molecular weight excluding hydrogens is 430 g/mol. The van der Waals surface area contributed by atoms with E-state index in [2.05, 4.69) is 25.9 Å². The number of aryl methyl sites for hydroxylation is 1. The number of para-hydroxylation sites is 2. The summed E-state index contributed by atoms with van der Waals surface area (Å²) in [7, 11) is 1.38. The number of carbonyl (C=O) groups excluding carboxylic acids is 2. The third-order valence-corrected chi connectivity index (χ3v) is 5.99. The summed E-state index contributed by atoms with van der Waals surface area (Å²) in [5.41, 5.74) is 2.45. The predicted molar refractivity (Wildman–Crippen MR) is 136 cm³/mol. The second-order valence-corrected chi connectivity index (χ2v) is 8.35. The lowest BCUT2D eigenvalue weighted by Crippen LogP contribution is -2.37. The number of methoxy groups -OCH3 is 1. The van der Waals surface area contributed by atoms with Crippen molar-refractivity contribution in [1.82, 2.24) is 9.97 Å². The molecule has 0 aliphatic heterocycles. The number of aromatic nitrogens is 2. The predicted octanol–water partition coefficient (Wildman–Crippen LogP) is 4.77. The third kappa shape index (κ3) is 5.81. The average molecular weight is 464 g/mol. The molecule has 0 spiro atoms. The van der Waals surface area contributed by atoms with Crippen LogP contribution in [0.5, 0.6) is 0 Å². The molecule has 0 radical (unpaired) electrons. The topological polar surface area (TPSA) is 105 Å². The minimum atomic E-state index is -0.563. The first-order valence-electron chi connectivity index (χ1n) is 11.6. The van der Waals surface area contributed by atoms with Gasteiger partial charge in [-0.1, -0.05) is 57.5 Å². The van der Waals surface area contributed by atoms with E-state index >= 15 is 0 Å². The Morgan fingerprint density at radius 1 is 0.971 bits per heavy atom. The van der Waals surface area contributed by atoms with Gasteiger partial charge >= 0.3 is 5.97 Å². The largest absolute Gasteiger partial charge is 0.467 e. The maximum Gasteiger partial charge on any atom is 0.328 e. The molecule has 0 unspecified atom stereocenters. The van der Waals surface area contributed by atoms with Gasteiger partial charge in [-0.2, -0.15) is 4.98 Å². The van der Waals surface area contributed by atoms with E-state index in [0.717, 1.165) is 23.1 Å². The maximum atomic E-state index is 13.0. The molecule has 3 N–H and O–H groups in total. The lowest BCUT2D eigenvalue weighted by Gasteiger charge is -2.24. The maximum absolute atomic E-state index is 13.0. The molecule has 180 valence electrons. The molecule has 8 heteroatoms. The van der Waals surface area contributed by atoms with Crippen molar-refractivity contribution in [2.75, 3.05) is 23.1 Å². The van der Waals surface area contributed by atoms with E-state index in [-0.39, 0.29) is 17.8 Å². The van der Waals surface area contributed by atoms with Crippen molar-refractivity contribution in [3.63, 3.8) is 0 Å². The summed E-state index contributed by atoms with van der Waals surface area (Å²) in [5.74, 6) is 0.324. The van der Waals surface area contributed by atoms with Crippen LogP contribution in [-0.2, 0) is 14.3 Å². The van der Waals surface area contributed by atoms with Gasteiger partial charge in [-0.05, 0) is 43.0 Å².